The van der Waals surface area contributed by atoms with Crippen LogP contribution in [0.5, 0.6) is 0 Å². The number of nitrogens with one attached hydrogen (secondary N) is 1. The van der Waals surface area contributed by atoms with Crippen LogP contribution in [0.1, 0.15) is 44.9 Å². The van der Waals surface area contributed by atoms with Crippen molar-refractivity contribution in [3.63, 3.8) is 0 Å². The number of nitriles is 1. The summed E-state index contributed by atoms with van der Waals surface area (Å²) in [4.78, 5) is 0. The summed E-state index contributed by atoms with van der Waals surface area (Å²) in [7, 11) is 0. The Morgan fingerprint density at radius 2 is 1.73 bits per heavy atom. The van der Waals surface area contributed by atoms with E-state index in [9.17, 15) is 5.26 Å². The van der Waals surface area contributed by atoms with Gasteiger partial charge in [0.15, 0.2) is 0 Å². The number of rotatable bonds is 1. The summed E-state index contributed by atoms with van der Waals surface area (Å²) in [6.07, 6.45) is 9.60. The molecule has 2 aliphatic rings. The highest BCUT2D eigenvalue weighted by atomic mass is 14.9. The zero-order chi connectivity index (χ0) is 10.5. The molecule has 2 fully saturated rings. The summed E-state index contributed by atoms with van der Waals surface area (Å²) in [5.74, 6) is 1.82. The minimum atomic E-state index is 0.279. The van der Waals surface area contributed by atoms with Crippen molar-refractivity contribution in [3.8, 4) is 6.07 Å². The molecule has 0 aromatic rings. The van der Waals surface area contributed by atoms with Gasteiger partial charge in [-0.2, -0.15) is 5.26 Å². The van der Waals surface area contributed by atoms with Crippen LogP contribution in [0.3, 0.4) is 0 Å². The Morgan fingerprint density at radius 3 is 2.40 bits per heavy atom. The lowest BCUT2D eigenvalue weighted by atomic mass is 9.75. The SMILES string of the molecule is N#CC1CNCCC1C1CCCCCC1. The van der Waals surface area contributed by atoms with E-state index in [4.69, 9.17) is 0 Å². The fourth-order valence-corrected chi connectivity index (χ4v) is 3.32. The molecule has 2 nitrogen and oxygen atoms in total. The number of hydrogen-bond acceptors (Lipinski definition) is 2. The molecular weight excluding hydrogens is 184 g/mol. The molecule has 1 saturated heterocycles. The van der Waals surface area contributed by atoms with Crippen LogP contribution in [0, 0.1) is 29.1 Å². The lowest BCUT2D eigenvalue weighted by Crippen LogP contribution is -2.39. The molecule has 0 amide bonds. The molecule has 1 saturated carbocycles. The van der Waals surface area contributed by atoms with Crippen LogP contribution in [0.2, 0.25) is 0 Å². The molecule has 1 aliphatic heterocycles. The first-order valence-corrected chi connectivity index (χ1v) is 6.52. The Balaban J connectivity index is 1.96. The zero-order valence-corrected chi connectivity index (χ0v) is 9.54. The summed E-state index contributed by atoms with van der Waals surface area (Å²) in [6, 6.07) is 2.51. The molecule has 0 bridgehead atoms. The average molecular weight is 206 g/mol. The van der Waals surface area contributed by atoms with E-state index in [-0.39, 0.29) is 5.92 Å². The summed E-state index contributed by atoms with van der Waals surface area (Å²) in [5.41, 5.74) is 0. The van der Waals surface area contributed by atoms with Gasteiger partial charge in [0, 0.05) is 6.54 Å². The highest BCUT2D eigenvalue weighted by molar-refractivity contribution is 4.95. The van der Waals surface area contributed by atoms with E-state index in [1.807, 2.05) is 0 Å². The predicted octanol–water partition coefficient (Wildman–Crippen LogP) is 2.71. The fourth-order valence-electron chi connectivity index (χ4n) is 3.32. The maximum Gasteiger partial charge on any atom is 0.0672 e. The minimum absolute atomic E-state index is 0.279. The topological polar surface area (TPSA) is 35.8 Å². The van der Waals surface area contributed by atoms with Gasteiger partial charge in [-0.05, 0) is 24.8 Å². The summed E-state index contributed by atoms with van der Waals surface area (Å²) in [6.45, 7) is 2.05. The number of hydrogen-bond donors (Lipinski definition) is 1. The van der Waals surface area contributed by atoms with E-state index < -0.39 is 0 Å². The quantitative estimate of drug-likeness (QED) is 0.670. The third-order valence-electron chi connectivity index (χ3n) is 4.21. The van der Waals surface area contributed by atoms with Gasteiger partial charge in [0.25, 0.3) is 0 Å². The maximum absolute atomic E-state index is 9.17. The van der Waals surface area contributed by atoms with Gasteiger partial charge in [-0.25, -0.2) is 0 Å². The third kappa shape index (κ3) is 2.72. The van der Waals surface area contributed by atoms with Crippen molar-refractivity contribution in [1.29, 1.82) is 5.26 Å². The molecule has 15 heavy (non-hydrogen) atoms. The Hall–Kier alpha value is -0.550. The average Bonchev–Trinajstić information content (AvgIpc) is 2.57. The Bertz CT molecular complexity index is 223. The third-order valence-corrected chi connectivity index (χ3v) is 4.21. The molecule has 0 radical (unpaired) electrons. The molecule has 0 aromatic heterocycles. The molecule has 0 aromatic carbocycles. The second kappa shape index (κ2) is 5.51. The number of piperidine rings is 1. The van der Waals surface area contributed by atoms with Gasteiger partial charge in [-0.1, -0.05) is 38.5 Å². The molecule has 2 heteroatoms. The highest BCUT2D eigenvalue weighted by Gasteiger charge is 2.31. The second-order valence-corrected chi connectivity index (χ2v) is 5.14. The van der Waals surface area contributed by atoms with Crippen LogP contribution in [-0.2, 0) is 0 Å². The Morgan fingerprint density at radius 1 is 1.00 bits per heavy atom. The van der Waals surface area contributed by atoms with Crippen molar-refractivity contribution < 1.29 is 0 Å². The van der Waals surface area contributed by atoms with Crippen molar-refractivity contribution in [2.45, 2.75) is 44.9 Å². The van der Waals surface area contributed by atoms with E-state index in [1.54, 1.807) is 0 Å². The molecule has 0 spiro atoms. The van der Waals surface area contributed by atoms with Gasteiger partial charge in [0.2, 0.25) is 0 Å². The molecule has 2 unspecified atom stereocenters. The minimum Gasteiger partial charge on any atom is -0.315 e. The van der Waals surface area contributed by atoms with Crippen molar-refractivity contribution in [1.82, 2.24) is 5.32 Å². The maximum atomic E-state index is 9.17. The predicted molar refractivity (Wildman–Crippen MR) is 61.3 cm³/mol. The van der Waals surface area contributed by atoms with Gasteiger partial charge in [0.05, 0.1) is 12.0 Å². The number of nitrogens with zero attached hydrogens (tertiary/aromatic N) is 1. The van der Waals surface area contributed by atoms with Crippen molar-refractivity contribution in [2.24, 2.45) is 17.8 Å². The van der Waals surface area contributed by atoms with E-state index in [1.165, 1.54) is 44.9 Å². The van der Waals surface area contributed by atoms with Crippen molar-refractivity contribution in [2.75, 3.05) is 13.1 Å². The first kappa shape index (κ1) is 11.0. The highest BCUT2D eigenvalue weighted by Crippen LogP contribution is 2.35. The lowest BCUT2D eigenvalue weighted by Gasteiger charge is -2.33. The van der Waals surface area contributed by atoms with Gasteiger partial charge >= 0.3 is 0 Å². The molecule has 84 valence electrons. The first-order chi connectivity index (χ1) is 7.42. The summed E-state index contributed by atoms with van der Waals surface area (Å²) >= 11 is 0. The van der Waals surface area contributed by atoms with Crippen molar-refractivity contribution in [3.05, 3.63) is 0 Å². The van der Waals surface area contributed by atoms with Gasteiger partial charge < -0.3 is 5.32 Å². The van der Waals surface area contributed by atoms with Crippen LogP contribution in [0.25, 0.3) is 0 Å². The van der Waals surface area contributed by atoms with Crippen LogP contribution in [0.4, 0.5) is 0 Å². The van der Waals surface area contributed by atoms with Gasteiger partial charge in [-0.3, -0.25) is 0 Å². The smallest absolute Gasteiger partial charge is 0.0672 e. The van der Waals surface area contributed by atoms with E-state index in [0.717, 1.165) is 19.0 Å². The molecular formula is C13H22N2. The molecule has 1 heterocycles. The van der Waals surface area contributed by atoms with Crippen LogP contribution in [-0.4, -0.2) is 13.1 Å². The summed E-state index contributed by atoms with van der Waals surface area (Å²) in [5, 5.41) is 12.5. The lowest BCUT2D eigenvalue weighted by molar-refractivity contribution is 0.194. The fraction of sp³-hybridized carbons (Fsp3) is 0.923. The first-order valence-electron chi connectivity index (χ1n) is 6.52. The van der Waals surface area contributed by atoms with Gasteiger partial charge in [-0.15, -0.1) is 0 Å². The monoisotopic (exact) mass is 206 g/mol. The van der Waals surface area contributed by atoms with Crippen LogP contribution >= 0.6 is 0 Å². The molecule has 1 N–H and O–H groups in total. The van der Waals surface area contributed by atoms with Crippen LogP contribution < -0.4 is 5.32 Å². The molecule has 1 aliphatic carbocycles. The standard InChI is InChI=1S/C13H22N2/c14-9-12-10-15-8-7-13(12)11-5-3-1-2-4-6-11/h11-13,15H,1-8,10H2. The molecule has 2 atom stereocenters. The summed E-state index contributed by atoms with van der Waals surface area (Å²) < 4.78 is 0. The van der Waals surface area contributed by atoms with Crippen LogP contribution in [0.15, 0.2) is 0 Å². The largest absolute Gasteiger partial charge is 0.315 e. The van der Waals surface area contributed by atoms with Crippen molar-refractivity contribution >= 4 is 0 Å². The molecule has 2 rings (SSSR count). The van der Waals surface area contributed by atoms with Gasteiger partial charge in [0.1, 0.15) is 0 Å². The Labute approximate surface area is 93.0 Å². The normalized spacial score (nSPS) is 34.3. The van der Waals surface area contributed by atoms with E-state index in [2.05, 4.69) is 11.4 Å². The second-order valence-electron chi connectivity index (χ2n) is 5.14. The van der Waals surface area contributed by atoms with E-state index >= 15 is 0 Å². The zero-order valence-electron chi connectivity index (χ0n) is 9.54. The van der Waals surface area contributed by atoms with E-state index in [0.29, 0.717) is 5.92 Å². The Kier molecular flexibility index (Phi) is 4.02.